The minimum Gasteiger partial charge on any atom is -0.368 e. The summed E-state index contributed by atoms with van der Waals surface area (Å²) in [7, 11) is 0. The minimum absolute atomic E-state index is 0.0975. The zero-order valence-corrected chi connectivity index (χ0v) is 11.4. The van der Waals surface area contributed by atoms with Crippen molar-refractivity contribution in [1.82, 2.24) is 5.32 Å². The van der Waals surface area contributed by atoms with Gasteiger partial charge in [0.05, 0.1) is 6.04 Å². The predicted octanol–water partition coefficient (Wildman–Crippen LogP) is 2.29. The molecule has 100 valence electrons. The zero-order valence-electron chi connectivity index (χ0n) is 11.4. The van der Waals surface area contributed by atoms with E-state index < -0.39 is 0 Å². The summed E-state index contributed by atoms with van der Waals surface area (Å²) in [6, 6.07) is -0.214. The van der Waals surface area contributed by atoms with Crippen LogP contribution in [0.3, 0.4) is 0 Å². The van der Waals surface area contributed by atoms with Crippen LogP contribution in [0.2, 0.25) is 0 Å². The lowest BCUT2D eigenvalue weighted by atomic mass is 9.86. The first-order chi connectivity index (χ1) is 8.49. The van der Waals surface area contributed by atoms with Gasteiger partial charge in [0.2, 0.25) is 5.91 Å². The van der Waals surface area contributed by atoms with Crippen LogP contribution in [0.1, 0.15) is 46.0 Å². The third-order valence-electron chi connectivity index (χ3n) is 4.38. The molecule has 1 fully saturated rings. The third-order valence-corrected chi connectivity index (χ3v) is 4.38. The van der Waals surface area contributed by atoms with Crippen molar-refractivity contribution in [2.75, 3.05) is 0 Å². The average molecular weight is 248 g/mol. The third kappa shape index (κ3) is 3.02. The fourth-order valence-electron chi connectivity index (χ4n) is 2.62. The fourth-order valence-corrected chi connectivity index (χ4v) is 2.62. The molecule has 0 aromatic heterocycles. The Labute approximate surface area is 110 Å². The highest BCUT2D eigenvalue weighted by Crippen LogP contribution is 2.49. The Balaban J connectivity index is 2.05. The Morgan fingerprint density at radius 3 is 2.61 bits per heavy atom. The normalized spacial score (nSPS) is 30.1. The molecule has 1 saturated carbocycles. The quantitative estimate of drug-likeness (QED) is 0.757. The Kier molecular flexibility index (Phi) is 3.62. The molecule has 0 bridgehead atoms. The van der Waals surface area contributed by atoms with Gasteiger partial charge in [-0.1, -0.05) is 38.2 Å². The molecule has 0 radical (unpaired) electrons. The number of carbonyl (C=O) groups is 1. The summed E-state index contributed by atoms with van der Waals surface area (Å²) in [5.74, 6) is -0.223. The first kappa shape index (κ1) is 13.3. The molecule has 1 unspecified atom stereocenters. The van der Waals surface area contributed by atoms with Gasteiger partial charge >= 0.3 is 0 Å². The van der Waals surface area contributed by atoms with E-state index >= 15 is 0 Å². The second-order valence-electron chi connectivity index (χ2n) is 6.12. The smallest absolute Gasteiger partial charge is 0.234 e. The number of hydrogen-bond acceptors (Lipinski definition) is 2. The van der Waals surface area contributed by atoms with E-state index in [2.05, 4.69) is 43.5 Å². The van der Waals surface area contributed by atoms with Crippen molar-refractivity contribution in [3.05, 3.63) is 24.3 Å². The summed E-state index contributed by atoms with van der Waals surface area (Å²) in [5, 5.41) is 3.50. The maximum atomic E-state index is 11.7. The van der Waals surface area contributed by atoms with Crippen molar-refractivity contribution in [1.29, 1.82) is 0 Å². The number of nitrogens with two attached hydrogens (primary N) is 1. The molecule has 0 saturated heterocycles. The van der Waals surface area contributed by atoms with Crippen LogP contribution in [-0.4, -0.2) is 17.5 Å². The van der Waals surface area contributed by atoms with Gasteiger partial charge in [0.15, 0.2) is 0 Å². The Hall–Kier alpha value is -1.09. The molecule has 2 rings (SSSR count). The fraction of sp³-hybridized carbons (Fsp3) is 0.667. The molecular formula is C15H24N2O. The summed E-state index contributed by atoms with van der Waals surface area (Å²) >= 11 is 0. The van der Waals surface area contributed by atoms with Gasteiger partial charge in [-0.25, -0.2) is 0 Å². The van der Waals surface area contributed by atoms with Crippen LogP contribution in [0.5, 0.6) is 0 Å². The maximum absolute atomic E-state index is 11.7. The zero-order chi connectivity index (χ0) is 13.2. The molecule has 3 nitrogen and oxygen atoms in total. The van der Waals surface area contributed by atoms with E-state index in [0.29, 0.717) is 5.41 Å². The molecule has 3 heteroatoms. The standard InChI is InChI=1S/C15H24N2O/c1-3-15(7-5-4-6-8-15)17-12(13(16)18)11-14(2)9-10-14/h4-7,12,17H,3,8-11H2,1-2H3,(H2,16,18)/t12?,15-/m0/s1. The number of amides is 1. The first-order valence-corrected chi connectivity index (χ1v) is 6.90. The molecule has 2 aliphatic carbocycles. The molecule has 0 aromatic rings. The summed E-state index contributed by atoms with van der Waals surface area (Å²) in [5.41, 5.74) is 5.79. The lowest BCUT2D eigenvalue weighted by Gasteiger charge is -2.35. The topological polar surface area (TPSA) is 55.1 Å². The van der Waals surface area contributed by atoms with Gasteiger partial charge < -0.3 is 5.73 Å². The van der Waals surface area contributed by atoms with Gasteiger partial charge in [0.25, 0.3) is 0 Å². The average Bonchev–Trinajstić information content (AvgIpc) is 3.07. The predicted molar refractivity (Wildman–Crippen MR) is 74.0 cm³/mol. The minimum atomic E-state index is -0.223. The van der Waals surface area contributed by atoms with Gasteiger partial charge in [0.1, 0.15) is 0 Å². The van der Waals surface area contributed by atoms with Gasteiger partial charge in [-0.05, 0) is 37.5 Å². The molecule has 18 heavy (non-hydrogen) atoms. The van der Waals surface area contributed by atoms with Crippen LogP contribution in [0.4, 0.5) is 0 Å². The van der Waals surface area contributed by atoms with Crippen molar-refractivity contribution in [2.24, 2.45) is 11.1 Å². The molecule has 2 atom stereocenters. The largest absolute Gasteiger partial charge is 0.368 e. The van der Waals surface area contributed by atoms with Crippen molar-refractivity contribution < 1.29 is 4.79 Å². The molecule has 0 aromatic carbocycles. The summed E-state index contributed by atoms with van der Waals surface area (Å²) < 4.78 is 0. The van der Waals surface area contributed by atoms with Crippen LogP contribution >= 0.6 is 0 Å². The molecule has 0 spiro atoms. The van der Waals surface area contributed by atoms with E-state index in [0.717, 1.165) is 19.3 Å². The number of hydrogen-bond donors (Lipinski definition) is 2. The van der Waals surface area contributed by atoms with E-state index in [-0.39, 0.29) is 17.5 Å². The van der Waals surface area contributed by atoms with E-state index in [1.807, 2.05) is 0 Å². The number of primary amides is 1. The summed E-state index contributed by atoms with van der Waals surface area (Å²) in [6.07, 6.45) is 13.6. The number of allylic oxidation sites excluding steroid dienone is 2. The van der Waals surface area contributed by atoms with E-state index in [9.17, 15) is 4.79 Å². The van der Waals surface area contributed by atoms with Gasteiger partial charge in [-0.2, -0.15) is 0 Å². The van der Waals surface area contributed by atoms with Gasteiger partial charge in [0, 0.05) is 5.54 Å². The van der Waals surface area contributed by atoms with Crippen LogP contribution in [0, 0.1) is 5.41 Å². The van der Waals surface area contributed by atoms with E-state index in [1.54, 1.807) is 0 Å². The number of rotatable bonds is 6. The highest BCUT2D eigenvalue weighted by molar-refractivity contribution is 5.80. The van der Waals surface area contributed by atoms with Crippen LogP contribution in [0.15, 0.2) is 24.3 Å². The lowest BCUT2D eigenvalue weighted by molar-refractivity contribution is -0.121. The van der Waals surface area contributed by atoms with Gasteiger partial charge in [-0.15, -0.1) is 0 Å². The lowest BCUT2D eigenvalue weighted by Crippen LogP contribution is -2.54. The van der Waals surface area contributed by atoms with Crippen molar-refractivity contribution >= 4 is 5.91 Å². The van der Waals surface area contributed by atoms with E-state index in [4.69, 9.17) is 5.73 Å². The molecule has 1 amide bonds. The second kappa shape index (κ2) is 4.88. The van der Waals surface area contributed by atoms with Crippen LogP contribution in [0.25, 0.3) is 0 Å². The Bertz CT molecular complexity index is 382. The highest BCUT2D eigenvalue weighted by Gasteiger charge is 2.42. The number of nitrogens with one attached hydrogen (secondary N) is 1. The number of carbonyl (C=O) groups excluding carboxylic acids is 1. The molecule has 0 heterocycles. The monoisotopic (exact) mass is 248 g/mol. The van der Waals surface area contributed by atoms with Crippen LogP contribution in [-0.2, 0) is 4.79 Å². The highest BCUT2D eigenvalue weighted by atomic mass is 16.1. The molecular weight excluding hydrogens is 224 g/mol. The second-order valence-corrected chi connectivity index (χ2v) is 6.12. The first-order valence-electron chi connectivity index (χ1n) is 6.90. The SMILES string of the molecule is CC[C@]1(NC(CC2(C)CC2)C(N)=O)C=CC=CC1. The Morgan fingerprint density at radius 2 is 2.17 bits per heavy atom. The summed E-state index contributed by atoms with van der Waals surface area (Å²) in [4.78, 5) is 11.7. The van der Waals surface area contributed by atoms with E-state index in [1.165, 1.54) is 12.8 Å². The van der Waals surface area contributed by atoms with Crippen LogP contribution < -0.4 is 11.1 Å². The summed E-state index contributed by atoms with van der Waals surface area (Å²) in [6.45, 7) is 4.38. The maximum Gasteiger partial charge on any atom is 0.234 e. The molecule has 2 aliphatic rings. The molecule has 0 aliphatic heterocycles. The van der Waals surface area contributed by atoms with Crippen molar-refractivity contribution in [3.63, 3.8) is 0 Å². The van der Waals surface area contributed by atoms with Crippen molar-refractivity contribution in [3.8, 4) is 0 Å². The molecule has 3 N–H and O–H groups in total. The van der Waals surface area contributed by atoms with Gasteiger partial charge in [-0.3, -0.25) is 10.1 Å². The van der Waals surface area contributed by atoms with Crippen molar-refractivity contribution in [2.45, 2.75) is 57.5 Å². The Morgan fingerprint density at radius 1 is 1.44 bits per heavy atom.